The van der Waals surface area contributed by atoms with E-state index in [1.807, 2.05) is 6.08 Å². The Labute approximate surface area is 408 Å². The summed E-state index contributed by atoms with van der Waals surface area (Å²) >= 11 is 0. The van der Waals surface area contributed by atoms with Gasteiger partial charge < -0.3 is 14.2 Å². The van der Waals surface area contributed by atoms with Crippen molar-refractivity contribution in [2.24, 2.45) is 0 Å². The van der Waals surface area contributed by atoms with Gasteiger partial charge >= 0.3 is 17.9 Å². The van der Waals surface area contributed by atoms with E-state index >= 15 is 0 Å². The van der Waals surface area contributed by atoms with Crippen LogP contribution >= 0.6 is 0 Å². The van der Waals surface area contributed by atoms with Gasteiger partial charge in [0.05, 0.1) is 6.42 Å². The zero-order valence-electron chi connectivity index (χ0n) is 43.4. The van der Waals surface area contributed by atoms with E-state index in [0.717, 1.165) is 70.6 Å². The Morgan fingerprint density at radius 3 is 0.985 bits per heavy atom. The van der Waals surface area contributed by atoms with E-state index in [-0.39, 0.29) is 31.6 Å². The average molecular weight is 921 g/mol. The van der Waals surface area contributed by atoms with Crippen molar-refractivity contribution >= 4 is 17.9 Å². The van der Waals surface area contributed by atoms with Crippen molar-refractivity contribution in [1.82, 2.24) is 0 Å². The van der Waals surface area contributed by atoms with Crippen molar-refractivity contribution in [3.05, 3.63) is 72.9 Å². The van der Waals surface area contributed by atoms with Crippen molar-refractivity contribution < 1.29 is 28.6 Å². The second kappa shape index (κ2) is 54.5. The van der Waals surface area contributed by atoms with E-state index in [2.05, 4.69) is 81.5 Å². The second-order valence-electron chi connectivity index (χ2n) is 18.5. The zero-order valence-corrected chi connectivity index (χ0v) is 43.4. The van der Waals surface area contributed by atoms with Gasteiger partial charge in [-0.25, -0.2) is 0 Å². The standard InChI is InChI=1S/C60H104O6/c1-4-7-10-13-16-19-22-25-27-28-29-30-31-32-34-35-38-41-44-47-50-53-59(62)65-56-57(55-64-58(61)52-49-46-43-40-37-24-21-18-15-12-9-6-3)66-60(63)54-51-48-45-42-39-36-33-26-23-20-17-14-11-8-5-2/h8,11,17,20,26,28-29,33,39,42,48,51,57H,4-7,9-10,12-16,18-19,21-25,27,30-32,34-38,40-41,43-47,49-50,52-56H2,1-3H3/b11-8-,20-17-,29-28-,33-26-,42-39-,51-48-. The minimum Gasteiger partial charge on any atom is -0.462 e. The first kappa shape index (κ1) is 62.8. The van der Waals surface area contributed by atoms with Gasteiger partial charge in [-0.05, 0) is 70.6 Å². The van der Waals surface area contributed by atoms with E-state index in [9.17, 15) is 14.4 Å². The fourth-order valence-electron chi connectivity index (χ4n) is 7.81. The molecule has 6 heteroatoms. The van der Waals surface area contributed by atoms with Gasteiger partial charge in [0.25, 0.3) is 0 Å². The smallest absolute Gasteiger partial charge is 0.310 e. The molecule has 0 N–H and O–H groups in total. The summed E-state index contributed by atoms with van der Waals surface area (Å²) in [5, 5.41) is 0. The molecular weight excluding hydrogens is 817 g/mol. The molecule has 0 spiro atoms. The van der Waals surface area contributed by atoms with Crippen LogP contribution in [0.4, 0.5) is 0 Å². The zero-order chi connectivity index (χ0) is 47.9. The fraction of sp³-hybridized carbons (Fsp3) is 0.750. The lowest BCUT2D eigenvalue weighted by atomic mass is 10.0. The molecule has 0 aromatic carbocycles. The third kappa shape index (κ3) is 51.8. The first-order valence-electron chi connectivity index (χ1n) is 27.9. The van der Waals surface area contributed by atoms with Crippen LogP contribution in [0, 0.1) is 0 Å². The minimum atomic E-state index is -0.828. The predicted molar refractivity (Wildman–Crippen MR) is 284 cm³/mol. The van der Waals surface area contributed by atoms with Gasteiger partial charge in [-0.2, -0.15) is 0 Å². The van der Waals surface area contributed by atoms with Gasteiger partial charge in [-0.1, -0.05) is 254 Å². The monoisotopic (exact) mass is 921 g/mol. The molecule has 380 valence electrons. The molecular formula is C60H104O6. The number of esters is 3. The van der Waals surface area contributed by atoms with Gasteiger partial charge in [0.1, 0.15) is 13.2 Å². The van der Waals surface area contributed by atoms with Crippen LogP contribution in [0.5, 0.6) is 0 Å². The summed E-state index contributed by atoms with van der Waals surface area (Å²) < 4.78 is 16.7. The van der Waals surface area contributed by atoms with E-state index < -0.39 is 12.1 Å². The Balaban J connectivity index is 4.40. The van der Waals surface area contributed by atoms with Gasteiger partial charge in [0.15, 0.2) is 6.10 Å². The number of allylic oxidation sites excluding steroid dienone is 11. The highest BCUT2D eigenvalue weighted by molar-refractivity contribution is 5.72. The maximum Gasteiger partial charge on any atom is 0.310 e. The molecule has 0 aliphatic rings. The van der Waals surface area contributed by atoms with Crippen molar-refractivity contribution in [3.63, 3.8) is 0 Å². The molecule has 1 unspecified atom stereocenters. The summed E-state index contributed by atoms with van der Waals surface area (Å²) in [6, 6.07) is 0. The van der Waals surface area contributed by atoms with Gasteiger partial charge in [-0.3, -0.25) is 14.4 Å². The third-order valence-corrected chi connectivity index (χ3v) is 12.0. The summed E-state index contributed by atoms with van der Waals surface area (Å²) in [6.45, 7) is 6.45. The first-order valence-corrected chi connectivity index (χ1v) is 27.9. The lowest BCUT2D eigenvalue weighted by Crippen LogP contribution is -2.30. The number of carbonyl (C=O) groups excluding carboxylic acids is 3. The summed E-state index contributed by atoms with van der Waals surface area (Å²) in [5.74, 6) is -1.04. The first-order chi connectivity index (χ1) is 32.5. The Bertz CT molecular complexity index is 1240. The van der Waals surface area contributed by atoms with Crippen molar-refractivity contribution in [2.45, 2.75) is 277 Å². The molecule has 0 aromatic heterocycles. The van der Waals surface area contributed by atoms with Crippen LogP contribution in [0.25, 0.3) is 0 Å². The predicted octanol–water partition coefficient (Wildman–Crippen LogP) is 18.6. The summed E-state index contributed by atoms with van der Waals surface area (Å²) in [4.78, 5) is 38.0. The molecule has 0 fully saturated rings. The van der Waals surface area contributed by atoms with Crippen LogP contribution in [0.2, 0.25) is 0 Å². The maximum absolute atomic E-state index is 12.8. The van der Waals surface area contributed by atoms with Crippen LogP contribution in [0.1, 0.15) is 271 Å². The van der Waals surface area contributed by atoms with Crippen molar-refractivity contribution in [2.75, 3.05) is 13.2 Å². The Morgan fingerprint density at radius 2 is 0.636 bits per heavy atom. The molecule has 0 heterocycles. The van der Waals surface area contributed by atoms with Gasteiger partial charge in [0.2, 0.25) is 0 Å². The van der Waals surface area contributed by atoms with E-state index in [4.69, 9.17) is 14.2 Å². The van der Waals surface area contributed by atoms with Crippen molar-refractivity contribution in [1.29, 1.82) is 0 Å². The number of hydrogen-bond donors (Lipinski definition) is 0. The van der Waals surface area contributed by atoms with Crippen LogP contribution in [0.3, 0.4) is 0 Å². The lowest BCUT2D eigenvalue weighted by Gasteiger charge is -2.18. The molecule has 0 saturated heterocycles. The van der Waals surface area contributed by atoms with E-state index in [1.165, 1.54) is 161 Å². The molecule has 0 rings (SSSR count). The molecule has 0 aliphatic heterocycles. The number of carbonyl (C=O) groups is 3. The molecule has 0 bridgehead atoms. The molecule has 66 heavy (non-hydrogen) atoms. The number of unbranched alkanes of at least 4 members (excludes halogenated alkanes) is 28. The summed E-state index contributed by atoms with van der Waals surface area (Å²) in [6.07, 6.45) is 69.2. The number of ether oxygens (including phenoxy) is 3. The summed E-state index contributed by atoms with van der Waals surface area (Å²) in [7, 11) is 0. The Kier molecular flexibility index (Phi) is 51.9. The maximum atomic E-state index is 12.8. The minimum absolute atomic E-state index is 0.0988. The Hall–Kier alpha value is -3.15. The van der Waals surface area contributed by atoms with Gasteiger partial charge in [0, 0.05) is 12.8 Å². The Morgan fingerprint density at radius 1 is 0.333 bits per heavy atom. The largest absolute Gasteiger partial charge is 0.462 e. The number of rotatable bonds is 50. The molecule has 0 saturated carbocycles. The van der Waals surface area contributed by atoms with E-state index in [0.29, 0.717) is 12.8 Å². The molecule has 1 atom stereocenters. The summed E-state index contributed by atoms with van der Waals surface area (Å²) in [5.41, 5.74) is 0. The normalized spacial score (nSPS) is 12.6. The average Bonchev–Trinajstić information content (AvgIpc) is 3.31. The quantitative estimate of drug-likeness (QED) is 0.0262. The second-order valence-corrected chi connectivity index (χ2v) is 18.5. The highest BCUT2D eigenvalue weighted by atomic mass is 16.6. The lowest BCUT2D eigenvalue weighted by molar-refractivity contribution is -0.166. The van der Waals surface area contributed by atoms with E-state index in [1.54, 1.807) is 6.08 Å². The molecule has 0 aromatic rings. The van der Waals surface area contributed by atoms with Crippen LogP contribution in [-0.4, -0.2) is 37.2 Å². The SMILES string of the molecule is CC/C=C\C/C=C\C/C=C\C/C=C\C/C=C\CC(=O)OC(COC(=O)CCCCCCCCCCC/C=C\CCCCCCCCCC)COC(=O)CCCCCCCCCCCCCC. The fourth-order valence-corrected chi connectivity index (χ4v) is 7.81. The topological polar surface area (TPSA) is 78.9 Å². The highest BCUT2D eigenvalue weighted by Crippen LogP contribution is 2.15. The highest BCUT2D eigenvalue weighted by Gasteiger charge is 2.19. The molecule has 0 aliphatic carbocycles. The van der Waals surface area contributed by atoms with Crippen LogP contribution in [-0.2, 0) is 28.6 Å². The van der Waals surface area contributed by atoms with Gasteiger partial charge in [-0.15, -0.1) is 0 Å². The third-order valence-electron chi connectivity index (χ3n) is 12.0. The molecule has 0 radical (unpaired) electrons. The molecule has 0 amide bonds. The number of hydrogen-bond acceptors (Lipinski definition) is 6. The van der Waals surface area contributed by atoms with Crippen LogP contribution in [0.15, 0.2) is 72.9 Å². The van der Waals surface area contributed by atoms with Crippen molar-refractivity contribution in [3.8, 4) is 0 Å². The molecule has 6 nitrogen and oxygen atoms in total. The van der Waals surface area contributed by atoms with Crippen LogP contribution < -0.4 is 0 Å².